The van der Waals surface area contributed by atoms with Crippen molar-refractivity contribution in [2.45, 2.75) is 4.90 Å². The molecule has 2 aromatic carbocycles. The van der Waals surface area contributed by atoms with Crippen molar-refractivity contribution in [3.05, 3.63) is 51.7 Å². The predicted octanol–water partition coefficient (Wildman–Crippen LogP) is 2.68. The van der Waals surface area contributed by atoms with Gasteiger partial charge in [0.25, 0.3) is 15.9 Å². The topological polar surface area (TPSA) is 96.3 Å². The molecule has 1 N–H and O–H groups in total. The number of hydrogen-bond acceptors (Lipinski definition) is 5. The lowest BCUT2D eigenvalue weighted by Crippen LogP contribution is -2.20. The van der Waals surface area contributed by atoms with Crippen molar-refractivity contribution < 1.29 is 22.3 Å². The molecule has 0 radical (unpaired) electrons. The minimum atomic E-state index is -3.87. The molecule has 6 nitrogen and oxygen atoms in total. The summed E-state index contributed by atoms with van der Waals surface area (Å²) in [6.45, 7) is 0. The highest BCUT2D eigenvalue weighted by Crippen LogP contribution is 2.38. The highest BCUT2D eigenvalue weighted by atomic mass is 79.9. The highest BCUT2D eigenvalue weighted by Gasteiger charge is 2.35. The Hall–Kier alpha value is -2.44. The molecule has 9 heteroatoms. The van der Waals surface area contributed by atoms with Crippen molar-refractivity contribution in [1.29, 1.82) is 5.26 Å². The molecular weight excluding hydrogens is 391 g/mol. The van der Waals surface area contributed by atoms with Gasteiger partial charge in [-0.2, -0.15) is 5.26 Å². The normalized spacial score (nSPS) is 14.7. The number of ether oxygens (including phenoxy) is 1. The lowest BCUT2D eigenvalue weighted by atomic mass is 10.2. The summed E-state index contributed by atoms with van der Waals surface area (Å²) in [6, 6.07) is 7.77. The van der Waals surface area contributed by atoms with Crippen LogP contribution in [0.4, 0.5) is 4.39 Å². The Balaban J connectivity index is 2.07. The van der Waals surface area contributed by atoms with Crippen LogP contribution in [0.2, 0.25) is 0 Å². The number of fused-ring (bicyclic) bond motifs is 1. The Morgan fingerprint density at radius 1 is 1.26 bits per heavy atom. The van der Waals surface area contributed by atoms with Gasteiger partial charge in [-0.25, -0.2) is 17.5 Å². The average molecular weight is 397 g/mol. The van der Waals surface area contributed by atoms with E-state index in [0.717, 1.165) is 12.1 Å². The monoisotopic (exact) mass is 396 g/mol. The Labute approximate surface area is 138 Å². The molecule has 1 aliphatic heterocycles. The van der Waals surface area contributed by atoms with E-state index in [2.05, 4.69) is 15.9 Å². The Kier molecular flexibility index (Phi) is 3.58. The molecule has 0 atom stereocenters. The molecule has 23 heavy (non-hydrogen) atoms. The molecular formula is C14H6BrFN2O4S. The Morgan fingerprint density at radius 2 is 2.00 bits per heavy atom. The maximum absolute atomic E-state index is 13.4. The summed E-state index contributed by atoms with van der Waals surface area (Å²) in [5.74, 6) is -1.28. The van der Waals surface area contributed by atoms with Gasteiger partial charge in [-0.3, -0.25) is 4.79 Å². The van der Waals surface area contributed by atoms with E-state index >= 15 is 0 Å². The van der Waals surface area contributed by atoms with Crippen molar-refractivity contribution in [2.75, 3.05) is 0 Å². The first-order valence-corrected chi connectivity index (χ1v) is 8.37. The highest BCUT2D eigenvalue weighted by molar-refractivity contribution is 9.10. The van der Waals surface area contributed by atoms with Crippen LogP contribution in [0.15, 0.2) is 39.7 Å². The fraction of sp³-hybridized carbons (Fsp3) is 0. The van der Waals surface area contributed by atoms with Gasteiger partial charge in [0, 0.05) is 6.07 Å². The molecule has 1 amide bonds. The summed E-state index contributed by atoms with van der Waals surface area (Å²) in [5.41, 5.74) is -0.0167. The molecule has 3 rings (SSSR count). The lowest BCUT2D eigenvalue weighted by Gasteiger charge is -2.10. The van der Waals surface area contributed by atoms with Gasteiger partial charge in [0.2, 0.25) is 0 Å². The number of sulfonamides is 1. The zero-order chi connectivity index (χ0) is 16.8. The van der Waals surface area contributed by atoms with Crippen LogP contribution in [-0.4, -0.2) is 14.3 Å². The SMILES string of the molecule is N#Cc1cc(F)cc(Oc2ccc3c(c2Br)C(=O)NS3(=O)=O)c1. The zero-order valence-corrected chi connectivity index (χ0v) is 13.5. The fourth-order valence-corrected chi connectivity index (χ4v) is 4.00. The second-order valence-electron chi connectivity index (χ2n) is 4.57. The van der Waals surface area contributed by atoms with Gasteiger partial charge in [0.15, 0.2) is 0 Å². The van der Waals surface area contributed by atoms with E-state index in [1.54, 1.807) is 6.07 Å². The number of carbonyl (C=O) groups is 1. The van der Waals surface area contributed by atoms with E-state index < -0.39 is 21.7 Å². The van der Waals surface area contributed by atoms with Crippen LogP contribution in [0, 0.1) is 17.1 Å². The lowest BCUT2D eigenvalue weighted by molar-refractivity contribution is 0.0984. The first-order valence-electron chi connectivity index (χ1n) is 6.10. The van der Waals surface area contributed by atoms with Gasteiger partial charge in [0.1, 0.15) is 22.2 Å². The van der Waals surface area contributed by atoms with Crippen molar-refractivity contribution in [3.8, 4) is 17.6 Å². The minimum absolute atomic E-state index is 0.0449. The van der Waals surface area contributed by atoms with Gasteiger partial charge < -0.3 is 4.74 Å². The first-order chi connectivity index (χ1) is 10.8. The van der Waals surface area contributed by atoms with Crippen LogP contribution in [-0.2, 0) is 10.0 Å². The number of hydrogen-bond donors (Lipinski definition) is 1. The molecule has 1 aliphatic rings. The molecule has 116 valence electrons. The van der Waals surface area contributed by atoms with Crippen LogP contribution >= 0.6 is 15.9 Å². The summed E-state index contributed by atoms with van der Waals surface area (Å²) >= 11 is 3.13. The average Bonchev–Trinajstić information content (AvgIpc) is 2.71. The number of amides is 1. The van der Waals surface area contributed by atoms with Crippen LogP contribution < -0.4 is 9.46 Å². The van der Waals surface area contributed by atoms with Gasteiger partial charge in [-0.05, 0) is 40.2 Å². The van der Waals surface area contributed by atoms with Crippen LogP contribution in [0.25, 0.3) is 0 Å². The zero-order valence-electron chi connectivity index (χ0n) is 11.1. The molecule has 0 saturated heterocycles. The van der Waals surface area contributed by atoms with E-state index in [-0.39, 0.29) is 32.0 Å². The molecule has 0 saturated carbocycles. The standard InChI is InChI=1S/C14H6BrFN2O4S/c15-13-10(22-9-4-7(6-17)3-8(16)5-9)1-2-11-12(13)14(19)18-23(11,20)21/h1-5H,(H,18,19). The third-order valence-corrected chi connectivity index (χ3v) is 5.20. The van der Waals surface area contributed by atoms with Crippen LogP contribution in [0.5, 0.6) is 11.5 Å². The third kappa shape index (κ3) is 2.67. The molecule has 0 bridgehead atoms. The van der Waals surface area contributed by atoms with E-state index in [9.17, 15) is 17.6 Å². The van der Waals surface area contributed by atoms with Gasteiger partial charge in [-0.1, -0.05) is 0 Å². The molecule has 0 fully saturated rings. The van der Waals surface area contributed by atoms with E-state index in [0.29, 0.717) is 0 Å². The van der Waals surface area contributed by atoms with E-state index in [4.69, 9.17) is 10.00 Å². The second kappa shape index (κ2) is 5.33. The number of halogens is 2. The molecule has 0 aromatic heterocycles. The number of nitrogens with zero attached hydrogens (tertiary/aromatic N) is 1. The summed E-state index contributed by atoms with van der Waals surface area (Å²) in [4.78, 5) is 11.6. The molecule has 2 aromatic rings. The van der Waals surface area contributed by atoms with Gasteiger partial charge in [-0.15, -0.1) is 0 Å². The van der Waals surface area contributed by atoms with Crippen molar-refractivity contribution in [2.24, 2.45) is 0 Å². The summed E-state index contributed by atoms with van der Waals surface area (Å²) in [6.07, 6.45) is 0. The number of benzene rings is 2. The maximum atomic E-state index is 13.4. The van der Waals surface area contributed by atoms with Crippen LogP contribution in [0.3, 0.4) is 0 Å². The second-order valence-corrected chi connectivity index (χ2v) is 7.02. The minimum Gasteiger partial charge on any atom is -0.456 e. The summed E-state index contributed by atoms with van der Waals surface area (Å²) < 4.78 is 44.3. The summed E-state index contributed by atoms with van der Waals surface area (Å²) in [7, 11) is -3.87. The smallest absolute Gasteiger partial charge is 0.267 e. The van der Waals surface area contributed by atoms with Crippen molar-refractivity contribution in [3.63, 3.8) is 0 Å². The third-order valence-electron chi connectivity index (χ3n) is 3.04. The van der Waals surface area contributed by atoms with Crippen LogP contribution in [0.1, 0.15) is 15.9 Å². The number of carbonyl (C=O) groups excluding carboxylic acids is 1. The molecule has 1 heterocycles. The number of nitriles is 1. The molecule has 0 aliphatic carbocycles. The van der Waals surface area contributed by atoms with E-state index in [1.807, 2.05) is 4.72 Å². The summed E-state index contributed by atoms with van der Waals surface area (Å²) in [5, 5.41) is 8.83. The fourth-order valence-electron chi connectivity index (χ4n) is 2.09. The van der Waals surface area contributed by atoms with Gasteiger partial charge in [0.05, 0.1) is 21.7 Å². The Bertz CT molecular complexity index is 999. The van der Waals surface area contributed by atoms with Gasteiger partial charge >= 0.3 is 0 Å². The predicted molar refractivity (Wildman–Crippen MR) is 80.0 cm³/mol. The quantitative estimate of drug-likeness (QED) is 0.841. The molecule has 0 spiro atoms. The van der Waals surface area contributed by atoms with Crippen molar-refractivity contribution in [1.82, 2.24) is 4.72 Å². The largest absolute Gasteiger partial charge is 0.456 e. The Morgan fingerprint density at radius 3 is 2.70 bits per heavy atom. The number of rotatable bonds is 2. The van der Waals surface area contributed by atoms with E-state index in [1.165, 1.54) is 18.2 Å². The number of nitrogens with one attached hydrogen (secondary N) is 1. The maximum Gasteiger partial charge on any atom is 0.267 e. The molecule has 0 unspecified atom stereocenters. The first kappa shape index (κ1) is 15.5. The van der Waals surface area contributed by atoms with Crippen molar-refractivity contribution >= 4 is 31.9 Å².